The molecule has 28 heavy (non-hydrogen) atoms. The van der Waals surface area contributed by atoms with Gasteiger partial charge in [-0.05, 0) is 53.8 Å². The van der Waals surface area contributed by atoms with E-state index in [9.17, 15) is 14.4 Å². The number of furan rings is 1. The minimum absolute atomic E-state index is 0.326. The number of amides is 4. The summed E-state index contributed by atoms with van der Waals surface area (Å²) < 4.78 is 6.63. The molecule has 142 valence electrons. The van der Waals surface area contributed by atoms with Gasteiger partial charge < -0.3 is 15.1 Å². The normalized spacial score (nSPS) is 19.1. The number of benzene rings is 2. The van der Waals surface area contributed by atoms with Crippen LogP contribution in [0.1, 0.15) is 12.7 Å². The number of hydrogen-bond donors (Lipinski definition) is 2. The number of nitrogens with zero attached hydrogens (tertiary/aromatic N) is 1. The van der Waals surface area contributed by atoms with E-state index in [2.05, 4.69) is 33.2 Å². The topological polar surface area (TPSA) is 91.7 Å². The van der Waals surface area contributed by atoms with E-state index in [1.54, 1.807) is 31.2 Å². The molecule has 1 aliphatic rings. The van der Waals surface area contributed by atoms with Crippen molar-refractivity contribution < 1.29 is 18.8 Å². The zero-order chi connectivity index (χ0) is 19.9. The Balaban J connectivity index is 1.55. The van der Waals surface area contributed by atoms with Crippen LogP contribution in [0.5, 0.6) is 0 Å². The van der Waals surface area contributed by atoms with E-state index >= 15 is 0 Å². The Hall–Kier alpha value is -2.88. The lowest BCUT2D eigenvalue weighted by Gasteiger charge is -2.19. The fourth-order valence-corrected chi connectivity index (χ4v) is 3.65. The summed E-state index contributed by atoms with van der Waals surface area (Å²) in [6, 6.07) is 15.7. The Labute approximate surface area is 174 Å². The van der Waals surface area contributed by atoms with E-state index in [1.165, 1.54) is 0 Å². The number of nitrogens with one attached hydrogen (secondary N) is 2. The molecule has 0 radical (unpaired) electrons. The molecular formula is C20H16IN3O4. The summed E-state index contributed by atoms with van der Waals surface area (Å²) in [5, 5.41) is 6.20. The summed E-state index contributed by atoms with van der Waals surface area (Å²) in [6.07, 6.45) is 0. The van der Waals surface area contributed by atoms with E-state index in [1.807, 2.05) is 30.3 Å². The molecule has 0 bridgehead atoms. The van der Waals surface area contributed by atoms with Crippen molar-refractivity contribution in [3.05, 3.63) is 63.9 Å². The summed E-state index contributed by atoms with van der Waals surface area (Å²) in [4.78, 5) is 38.7. The van der Waals surface area contributed by atoms with Crippen LogP contribution in [-0.4, -0.2) is 29.3 Å². The molecule has 1 unspecified atom stereocenters. The summed E-state index contributed by atoms with van der Waals surface area (Å²) in [7, 11) is 0. The van der Waals surface area contributed by atoms with Crippen LogP contribution in [0.2, 0.25) is 0 Å². The average Bonchev–Trinajstić information content (AvgIpc) is 3.20. The minimum atomic E-state index is -1.36. The first-order valence-electron chi connectivity index (χ1n) is 8.56. The number of carbonyl (C=O) groups excluding carboxylic acids is 3. The number of urea groups is 1. The van der Waals surface area contributed by atoms with E-state index < -0.39 is 23.4 Å². The second kappa shape index (κ2) is 6.93. The van der Waals surface area contributed by atoms with Crippen molar-refractivity contribution in [2.45, 2.75) is 12.5 Å². The lowest BCUT2D eigenvalue weighted by Crippen LogP contribution is -2.41. The number of imide groups is 1. The molecule has 0 saturated carbocycles. The highest BCUT2D eigenvalue weighted by Gasteiger charge is 2.51. The third kappa shape index (κ3) is 3.13. The molecular weight excluding hydrogens is 473 g/mol. The fraction of sp³-hybridized carbons (Fsp3) is 0.150. The van der Waals surface area contributed by atoms with Gasteiger partial charge in [-0.2, -0.15) is 0 Å². The highest BCUT2D eigenvalue weighted by atomic mass is 127. The van der Waals surface area contributed by atoms with Crippen LogP contribution in [0, 0.1) is 3.57 Å². The largest absolute Gasteiger partial charge is 0.458 e. The Bertz CT molecular complexity index is 1080. The lowest BCUT2D eigenvalue weighted by atomic mass is 9.99. The first-order chi connectivity index (χ1) is 13.4. The monoisotopic (exact) mass is 489 g/mol. The predicted molar refractivity (Wildman–Crippen MR) is 112 cm³/mol. The van der Waals surface area contributed by atoms with Crippen LogP contribution in [-0.2, 0) is 15.1 Å². The molecule has 4 rings (SSSR count). The molecule has 1 aliphatic heterocycles. The molecule has 0 aliphatic carbocycles. The standard InChI is InChI=1S/C20H16IN3O4/c1-20(16-10-12-6-2-5-9-15(12)28-16)18(26)24(19(27)23-20)11-17(25)22-14-8-4-3-7-13(14)21/h2-10H,11H2,1H3,(H,22,25)(H,23,27). The molecule has 2 N–H and O–H groups in total. The minimum Gasteiger partial charge on any atom is -0.458 e. The van der Waals surface area contributed by atoms with Crippen LogP contribution in [0.25, 0.3) is 11.0 Å². The van der Waals surface area contributed by atoms with Gasteiger partial charge in [0.05, 0.1) is 5.69 Å². The van der Waals surface area contributed by atoms with Crippen LogP contribution >= 0.6 is 22.6 Å². The van der Waals surface area contributed by atoms with Crippen LogP contribution < -0.4 is 10.6 Å². The molecule has 1 atom stereocenters. The summed E-state index contributed by atoms with van der Waals surface area (Å²) in [6.45, 7) is 1.19. The Morgan fingerprint density at radius 1 is 1.18 bits per heavy atom. The number of anilines is 1. The van der Waals surface area contributed by atoms with Crippen LogP contribution in [0.4, 0.5) is 10.5 Å². The highest BCUT2D eigenvalue weighted by molar-refractivity contribution is 14.1. The van der Waals surface area contributed by atoms with Crippen molar-refractivity contribution in [2.75, 3.05) is 11.9 Å². The zero-order valence-electron chi connectivity index (χ0n) is 14.9. The van der Waals surface area contributed by atoms with Gasteiger partial charge in [0.2, 0.25) is 5.91 Å². The number of fused-ring (bicyclic) bond motifs is 1. The smallest absolute Gasteiger partial charge is 0.325 e. The van der Waals surface area contributed by atoms with Gasteiger partial charge in [-0.1, -0.05) is 30.3 Å². The first-order valence-corrected chi connectivity index (χ1v) is 9.64. The number of para-hydroxylation sites is 2. The van der Waals surface area contributed by atoms with E-state index in [0.717, 1.165) is 13.9 Å². The van der Waals surface area contributed by atoms with Gasteiger partial charge in [0.15, 0.2) is 5.54 Å². The van der Waals surface area contributed by atoms with Gasteiger partial charge >= 0.3 is 6.03 Å². The maximum Gasteiger partial charge on any atom is 0.325 e. The molecule has 2 heterocycles. The second-order valence-electron chi connectivity index (χ2n) is 6.62. The average molecular weight is 489 g/mol. The van der Waals surface area contributed by atoms with Crippen molar-refractivity contribution in [3.63, 3.8) is 0 Å². The van der Waals surface area contributed by atoms with Gasteiger partial charge in [-0.15, -0.1) is 0 Å². The van der Waals surface area contributed by atoms with Gasteiger partial charge in [0.1, 0.15) is 17.9 Å². The van der Waals surface area contributed by atoms with Crippen molar-refractivity contribution in [1.82, 2.24) is 10.2 Å². The molecule has 3 aromatic rings. The third-order valence-corrected chi connectivity index (χ3v) is 5.58. The number of hydrogen-bond acceptors (Lipinski definition) is 4. The Morgan fingerprint density at radius 3 is 2.64 bits per heavy atom. The molecule has 1 aromatic heterocycles. The summed E-state index contributed by atoms with van der Waals surface area (Å²) in [5.41, 5.74) is -0.117. The predicted octanol–water partition coefficient (Wildman–Crippen LogP) is 3.44. The molecule has 7 nitrogen and oxygen atoms in total. The molecule has 2 aromatic carbocycles. The quantitative estimate of drug-likeness (QED) is 0.434. The summed E-state index contributed by atoms with van der Waals surface area (Å²) >= 11 is 2.10. The van der Waals surface area contributed by atoms with Gasteiger partial charge in [-0.3, -0.25) is 14.5 Å². The van der Waals surface area contributed by atoms with Gasteiger partial charge in [0, 0.05) is 8.96 Å². The Kier molecular flexibility index (Phi) is 4.58. The summed E-state index contributed by atoms with van der Waals surface area (Å²) in [5.74, 6) is -0.663. The van der Waals surface area contributed by atoms with Crippen molar-refractivity contribution in [2.24, 2.45) is 0 Å². The van der Waals surface area contributed by atoms with Crippen LogP contribution in [0.3, 0.4) is 0 Å². The third-order valence-electron chi connectivity index (χ3n) is 4.64. The first kappa shape index (κ1) is 18.5. The maximum absolute atomic E-state index is 13.0. The second-order valence-corrected chi connectivity index (χ2v) is 7.79. The van der Waals surface area contributed by atoms with Crippen molar-refractivity contribution in [3.8, 4) is 0 Å². The van der Waals surface area contributed by atoms with E-state index in [0.29, 0.717) is 17.0 Å². The van der Waals surface area contributed by atoms with Gasteiger partial charge in [-0.25, -0.2) is 4.79 Å². The maximum atomic E-state index is 13.0. The highest BCUT2D eigenvalue weighted by Crippen LogP contribution is 2.33. The number of carbonyl (C=O) groups is 3. The molecule has 1 saturated heterocycles. The lowest BCUT2D eigenvalue weighted by molar-refractivity contribution is -0.134. The van der Waals surface area contributed by atoms with Gasteiger partial charge in [0.25, 0.3) is 5.91 Å². The van der Waals surface area contributed by atoms with E-state index in [-0.39, 0.29) is 6.54 Å². The SMILES string of the molecule is CC1(c2cc3ccccc3o2)NC(=O)N(CC(=O)Nc2ccccc2I)C1=O. The fourth-order valence-electron chi connectivity index (χ4n) is 3.13. The van der Waals surface area contributed by atoms with Crippen molar-refractivity contribution in [1.29, 1.82) is 0 Å². The molecule has 8 heteroatoms. The number of rotatable bonds is 4. The van der Waals surface area contributed by atoms with Crippen molar-refractivity contribution >= 4 is 57.1 Å². The molecule has 4 amide bonds. The zero-order valence-corrected chi connectivity index (χ0v) is 17.0. The number of halogens is 1. The van der Waals surface area contributed by atoms with Crippen LogP contribution in [0.15, 0.2) is 59.0 Å². The Morgan fingerprint density at radius 2 is 1.89 bits per heavy atom. The van der Waals surface area contributed by atoms with E-state index in [4.69, 9.17) is 4.42 Å². The molecule has 0 spiro atoms. The molecule has 1 fully saturated rings.